The van der Waals surface area contributed by atoms with Gasteiger partial charge in [-0.1, -0.05) is 43.1 Å². The van der Waals surface area contributed by atoms with Gasteiger partial charge in [0.1, 0.15) is 0 Å². The molecule has 0 aliphatic carbocycles. The molecule has 1 N–H and O–H groups in total. The summed E-state index contributed by atoms with van der Waals surface area (Å²) in [5.41, 5.74) is 3.53. The van der Waals surface area contributed by atoms with Gasteiger partial charge in [-0.15, -0.1) is 0 Å². The maximum atomic E-state index is 11.9. The molecule has 2 aromatic rings. The Morgan fingerprint density at radius 2 is 2.04 bits per heavy atom. The summed E-state index contributed by atoms with van der Waals surface area (Å²) in [5, 5.41) is 7.92. The van der Waals surface area contributed by atoms with Crippen molar-refractivity contribution >= 4 is 29.6 Å². The highest BCUT2D eigenvalue weighted by atomic mass is 35.5. The SMILES string of the molecule is CCCCNC(=O)COC(=O)/C=C/c1c(C)nn(Cc2ccccc2Cl)c1C. The molecule has 0 unspecified atom stereocenters. The molecule has 1 heterocycles. The van der Waals surface area contributed by atoms with Crippen LogP contribution in [0, 0.1) is 13.8 Å². The first-order valence-corrected chi connectivity index (χ1v) is 9.69. The lowest BCUT2D eigenvalue weighted by Gasteiger charge is -2.06. The van der Waals surface area contributed by atoms with Crippen LogP contribution in [-0.2, 0) is 20.9 Å². The number of unbranched alkanes of at least 4 members (excludes halogenated alkanes) is 1. The molecule has 2 rings (SSSR count). The summed E-state index contributed by atoms with van der Waals surface area (Å²) in [6.45, 7) is 6.70. The van der Waals surface area contributed by atoms with E-state index in [1.165, 1.54) is 6.08 Å². The number of carbonyl (C=O) groups excluding carboxylic acids is 2. The molecule has 0 spiro atoms. The Bertz CT molecular complexity index is 859. The van der Waals surface area contributed by atoms with Crippen molar-refractivity contribution in [2.75, 3.05) is 13.2 Å². The third-order valence-corrected chi connectivity index (χ3v) is 4.67. The Kier molecular flexibility index (Phi) is 8.26. The first-order valence-electron chi connectivity index (χ1n) is 9.31. The molecule has 0 aliphatic heterocycles. The van der Waals surface area contributed by atoms with Crippen LogP contribution in [-0.4, -0.2) is 34.8 Å². The van der Waals surface area contributed by atoms with E-state index in [0.717, 1.165) is 35.4 Å². The minimum Gasteiger partial charge on any atom is -0.452 e. The number of carbonyl (C=O) groups is 2. The van der Waals surface area contributed by atoms with Crippen molar-refractivity contribution in [3.05, 3.63) is 57.9 Å². The summed E-state index contributed by atoms with van der Waals surface area (Å²) in [5.74, 6) is -0.863. The number of rotatable bonds is 9. The Hall–Kier alpha value is -2.60. The second kappa shape index (κ2) is 10.7. The quantitative estimate of drug-likeness (QED) is 0.394. The molecule has 1 aromatic heterocycles. The Labute approximate surface area is 170 Å². The largest absolute Gasteiger partial charge is 0.452 e. The Balaban J connectivity index is 1.96. The summed E-state index contributed by atoms with van der Waals surface area (Å²) in [6, 6.07) is 7.62. The number of benzene rings is 1. The lowest BCUT2D eigenvalue weighted by atomic mass is 10.1. The summed E-state index contributed by atoms with van der Waals surface area (Å²) in [4.78, 5) is 23.5. The van der Waals surface area contributed by atoms with Crippen molar-refractivity contribution < 1.29 is 14.3 Å². The van der Waals surface area contributed by atoms with Crippen molar-refractivity contribution in [1.82, 2.24) is 15.1 Å². The Morgan fingerprint density at radius 1 is 1.29 bits per heavy atom. The summed E-state index contributed by atoms with van der Waals surface area (Å²) < 4.78 is 6.82. The molecule has 0 aliphatic rings. The van der Waals surface area contributed by atoms with Gasteiger partial charge in [0.05, 0.1) is 12.2 Å². The van der Waals surface area contributed by atoms with Crippen LogP contribution >= 0.6 is 11.6 Å². The zero-order chi connectivity index (χ0) is 20.5. The smallest absolute Gasteiger partial charge is 0.331 e. The van der Waals surface area contributed by atoms with Gasteiger partial charge in [-0.3, -0.25) is 9.48 Å². The van der Waals surface area contributed by atoms with Crippen molar-refractivity contribution in [1.29, 1.82) is 0 Å². The molecule has 0 fully saturated rings. The molecule has 28 heavy (non-hydrogen) atoms. The van der Waals surface area contributed by atoms with Gasteiger partial charge in [0.15, 0.2) is 6.61 Å². The van der Waals surface area contributed by atoms with E-state index in [4.69, 9.17) is 16.3 Å². The van der Waals surface area contributed by atoms with E-state index in [0.29, 0.717) is 18.1 Å². The van der Waals surface area contributed by atoms with Crippen LogP contribution in [0.15, 0.2) is 30.3 Å². The van der Waals surface area contributed by atoms with Gasteiger partial charge in [0.2, 0.25) is 0 Å². The molecular formula is C21H26ClN3O3. The number of hydrogen-bond donors (Lipinski definition) is 1. The average Bonchev–Trinajstić information content (AvgIpc) is 2.93. The predicted molar refractivity (Wildman–Crippen MR) is 110 cm³/mol. The second-order valence-corrected chi connectivity index (χ2v) is 6.89. The minimum atomic E-state index is -0.566. The highest BCUT2D eigenvalue weighted by Crippen LogP contribution is 2.20. The van der Waals surface area contributed by atoms with E-state index < -0.39 is 5.97 Å². The lowest BCUT2D eigenvalue weighted by Crippen LogP contribution is -2.29. The Morgan fingerprint density at radius 3 is 2.75 bits per heavy atom. The fraction of sp³-hybridized carbons (Fsp3) is 0.381. The van der Waals surface area contributed by atoms with Gasteiger partial charge in [-0.05, 0) is 38.0 Å². The molecule has 0 bridgehead atoms. The summed E-state index contributed by atoms with van der Waals surface area (Å²) >= 11 is 6.23. The lowest BCUT2D eigenvalue weighted by molar-refractivity contribution is -0.143. The molecule has 1 amide bonds. The van der Waals surface area contributed by atoms with Gasteiger partial charge in [0.25, 0.3) is 5.91 Å². The number of nitrogens with zero attached hydrogens (tertiary/aromatic N) is 2. The van der Waals surface area contributed by atoms with Crippen LogP contribution in [0.4, 0.5) is 0 Å². The van der Waals surface area contributed by atoms with E-state index in [2.05, 4.69) is 10.4 Å². The number of esters is 1. The van der Waals surface area contributed by atoms with Crippen LogP contribution in [0.3, 0.4) is 0 Å². The van der Waals surface area contributed by atoms with Gasteiger partial charge in [0, 0.05) is 28.9 Å². The standard InChI is InChI=1S/C21H26ClN3O3/c1-4-5-12-23-20(26)14-28-21(27)11-10-18-15(2)24-25(16(18)3)13-17-8-6-7-9-19(17)22/h6-11H,4-5,12-14H2,1-3H3,(H,23,26)/b11-10+. The molecule has 7 heteroatoms. The maximum absolute atomic E-state index is 11.9. The van der Waals surface area contributed by atoms with Crippen LogP contribution < -0.4 is 5.32 Å². The number of aryl methyl sites for hydroxylation is 1. The maximum Gasteiger partial charge on any atom is 0.331 e. The number of ether oxygens (including phenoxy) is 1. The van der Waals surface area contributed by atoms with Gasteiger partial charge >= 0.3 is 5.97 Å². The minimum absolute atomic E-state index is 0.281. The van der Waals surface area contributed by atoms with E-state index in [-0.39, 0.29) is 12.5 Å². The zero-order valence-electron chi connectivity index (χ0n) is 16.5. The predicted octanol–water partition coefficient (Wildman–Crippen LogP) is 3.67. The first kappa shape index (κ1) is 21.7. The van der Waals surface area contributed by atoms with Gasteiger partial charge in [-0.25, -0.2) is 4.79 Å². The van der Waals surface area contributed by atoms with Crippen molar-refractivity contribution in [3.8, 4) is 0 Å². The third-order valence-electron chi connectivity index (χ3n) is 4.30. The van der Waals surface area contributed by atoms with Crippen LogP contribution in [0.2, 0.25) is 5.02 Å². The molecule has 1 aromatic carbocycles. The summed E-state index contributed by atoms with van der Waals surface area (Å²) in [6.07, 6.45) is 4.87. The van der Waals surface area contributed by atoms with E-state index in [1.807, 2.05) is 49.7 Å². The number of amides is 1. The van der Waals surface area contributed by atoms with Crippen LogP contribution in [0.25, 0.3) is 6.08 Å². The topological polar surface area (TPSA) is 73.2 Å². The molecule has 0 atom stereocenters. The molecular weight excluding hydrogens is 378 g/mol. The van der Waals surface area contributed by atoms with E-state index in [9.17, 15) is 9.59 Å². The molecule has 0 radical (unpaired) electrons. The third kappa shape index (κ3) is 6.23. The average molecular weight is 404 g/mol. The number of nitrogens with one attached hydrogen (secondary N) is 1. The molecule has 0 saturated heterocycles. The molecule has 0 saturated carbocycles. The van der Waals surface area contributed by atoms with Crippen molar-refractivity contribution in [2.45, 2.75) is 40.2 Å². The monoisotopic (exact) mass is 403 g/mol. The highest BCUT2D eigenvalue weighted by molar-refractivity contribution is 6.31. The molecule has 6 nitrogen and oxygen atoms in total. The summed E-state index contributed by atoms with van der Waals surface area (Å²) in [7, 11) is 0. The number of hydrogen-bond acceptors (Lipinski definition) is 4. The van der Waals surface area contributed by atoms with E-state index >= 15 is 0 Å². The van der Waals surface area contributed by atoms with Crippen molar-refractivity contribution in [3.63, 3.8) is 0 Å². The second-order valence-electron chi connectivity index (χ2n) is 6.48. The highest BCUT2D eigenvalue weighted by Gasteiger charge is 2.11. The van der Waals surface area contributed by atoms with Crippen LogP contribution in [0.5, 0.6) is 0 Å². The fourth-order valence-electron chi connectivity index (χ4n) is 2.69. The van der Waals surface area contributed by atoms with E-state index in [1.54, 1.807) is 6.08 Å². The number of halogens is 1. The van der Waals surface area contributed by atoms with Gasteiger partial charge in [-0.2, -0.15) is 5.10 Å². The normalized spacial score (nSPS) is 11.0. The van der Waals surface area contributed by atoms with Crippen molar-refractivity contribution in [2.24, 2.45) is 0 Å². The fourth-order valence-corrected chi connectivity index (χ4v) is 2.88. The van der Waals surface area contributed by atoms with Gasteiger partial charge < -0.3 is 10.1 Å². The van der Waals surface area contributed by atoms with Crippen LogP contribution in [0.1, 0.15) is 42.3 Å². The zero-order valence-corrected chi connectivity index (χ0v) is 17.3. The number of aromatic nitrogens is 2. The first-order chi connectivity index (χ1) is 13.4. The molecule has 150 valence electrons.